The van der Waals surface area contributed by atoms with Crippen LogP contribution < -0.4 is 11.1 Å². The standard InChI is InChI=1S/C8H8N4S4/c9-1-2-11-7(15)8(16)12-4-3-10-6(14)5-13/h1-5H,9H2,(H,11,15)/b2-1+,10-3?,12-4?. The van der Waals surface area contributed by atoms with Crippen LogP contribution in [0.4, 0.5) is 0 Å². The van der Waals surface area contributed by atoms with Crippen molar-refractivity contribution in [3.8, 4) is 0 Å². The van der Waals surface area contributed by atoms with Crippen molar-refractivity contribution in [3.05, 3.63) is 12.4 Å². The Balaban J connectivity index is 4.19. The third kappa shape index (κ3) is 7.35. The number of hydrogen-bond acceptors (Lipinski definition) is 5. The number of nitrogens with one attached hydrogen (secondary N) is 1. The molecular formula is C8H8N4S4. The Bertz CT molecular complexity index is 383. The molecule has 0 fully saturated rings. The highest BCUT2D eigenvalue weighted by Gasteiger charge is 1.97. The first-order chi connectivity index (χ1) is 7.61. The molecule has 0 spiro atoms. The average molecular weight is 288 g/mol. The summed E-state index contributed by atoms with van der Waals surface area (Å²) in [6.45, 7) is 0. The molecule has 0 unspecified atom stereocenters. The van der Waals surface area contributed by atoms with Gasteiger partial charge >= 0.3 is 0 Å². The van der Waals surface area contributed by atoms with E-state index in [0.717, 1.165) is 0 Å². The fourth-order valence-corrected chi connectivity index (χ4v) is 0.845. The van der Waals surface area contributed by atoms with Crippen molar-refractivity contribution in [2.45, 2.75) is 0 Å². The number of nitrogens with zero attached hydrogens (tertiary/aromatic N) is 2. The molecule has 4 nitrogen and oxygen atoms in total. The third-order valence-corrected chi connectivity index (χ3v) is 2.41. The van der Waals surface area contributed by atoms with Gasteiger partial charge in [0, 0.05) is 30.2 Å². The molecule has 3 N–H and O–H groups in total. The van der Waals surface area contributed by atoms with Crippen molar-refractivity contribution in [3.63, 3.8) is 0 Å². The van der Waals surface area contributed by atoms with E-state index in [2.05, 4.69) is 27.5 Å². The molecule has 84 valence electrons. The normalized spacial score (nSPS) is 11.0. The quantitative estimate of drug-likeness (QED) is 0.599. The van der Waals surface area contributed by atoms with Crippen LogP contribution in [-0.2, 0) is 0 Å². The minimum atomic E-state index is 0.229. The van der Waals surface area contributed by atoms with Crippen LogP contribution in [-0.4, -0.2) is 32.8 Å². The molecule has 0 aliphatic rings. The summed E-state index contributed by atoms with van der Waals surface area (Å²) in [5.74, 6) is 0. The molecule has 0 aromatic carbocycles. The van der Waals surface area contributed by atoms with Gasteiger partial charge in [0.05, 0.1) is 0 Å². The number of aliphatic imine (C=N–C) groups is 2. The number of nitrogens with two attached hydrogens (primary N) is 1. The summed E-state index contributed by atoms with van der Waals surface area (Å²) in [6, 6.07) is 0. The number of hydrogen-bond donors (Lipinski definition) is 2. The molecule has 0 saturated heterocycles. The smallest absolute Gasteiger partial charge is 0.160 e. The van der Waals surface area contributed by atoms with Crippen molar-refractivity contribution in [2.75, 3.05) is 0 Å². The second-order valence-electron chi connectivity index (χ2n) is 2.15. The van der Waals surface area contributed by atoms with Crippen LogP contribution in [0.25, 0.3) is 0 Å². The minimum Gasteiger partial charge on any atom is -0.403 e. The predicted octanol–water partition coefficient (Wildman–Crippen LogP) is 1.13. The molecule has 0 heterocycles. The second kappa shape index (κ2) is 9.28. The largest absolute Gasteiger partial charge is 0.403 e. The van der Waals surface area contributed by atoms with E-state index in [1.807, 2.05) is 0 Å². The Morgan fingerprint density at radius 2 is 1.75 bits per heavy atom. The maximum Gasteiger partial charge on any atom is 0.160 e. The Kier molecular flexibility index (Phi) is 8.72. The first-order valence-electron chi connectivity index (χ1n) is 3.89. The lowest BCUT2D eigenvalue weighted by Crippen LogP contribution is -2.22. The van der Waals surface area contributed by atoms with Gasteiger partial charge in [0.1, 0.15) is 9.98 Å². The average Bonchev–Trinajstić information content (AvgIpc) is 2.30. The van der Waals surface area contributed by atoms with E-state index < -0.39 is 0 Å². The van der Waals surface area contributed by atoms with E-state index in [4.69, 9.17) is 42.4 Å². The maximum absolute atomic E-state index is 5.11. The Morgan fingerprint density at radius 1 is 1.12 bits per heavy atom. The monoisotopic (exact) mass is 288 g/mol. The van der Waals surface area contributed by atoms with Crippen molar-refractivity contribution in [2.24, 2.45) is 15.7 Å². The van der Waals surface area contributed by atoms with E-state index in [-0.39, 0.29) is 4.99 Å². The molecular weight excluding hydrogens is 280 g/mol. The van der Waals surface area contributed by atoms with Crippen molar-refractivity contribution in [1.29, 1.82) is 0 Å². The van der Waals surface area contributed by atoms with E-state index in [1.54, 1.807) is 0 Å². The first-order valence-corrected chi connectivity index (χ1v) is 5.59. The van der Waals surface area contributed by atoms with Gasteiger partial charge in [-0.05, 0) is 0 Å². The van der Waals surface area contributed by atoms with E-state index in [0.29, 0.717) is 9.98 Å². The lowest BCUT2D eigenvalue weighted by Gasteiger charge is -1.98. The molecule has 8 heteroatoms. The van der Waals surface area contributed by atoms with Gasteiger partial charge in [0.2, 0.25) is 0 Å². The Morgan fingerprint density at radius 3 is 2.31 bits per heavy atom. The summed E-state index contributed by atoms with van der Waals surface area (Å²) >= 11 is 19.1. The van der Waals surface area contributed by atoms with E-state index in [1.165, 1.54) is 30.2 Å². The van der Waals surface area contributed by atoms with E-state index in [9.17, 15) is 0 Å². The lowest BCUT2D eigenvalue weighted by atomic mass is 10.6. The summed E-state index contributed by atoms with van der Waals surface area (Å²) in [6.07, 6.45) is 5.53. The second-order valence-corrected chi connectivity index (χ2v) is 3.60. The van der Waals surface area contributed by atoms with Gasteiger partial charge in [-0.15, -0.1) is 0 Å². The Hall–Kier alpha value is -0.960. The Labute approximate surface area is 115 Å². The minimum absolute atomic E-state index is 0.229. The molecule has 16 heavy (non-hydrogen) atoms. The van der Waals surface area contributed by atoms with Gasteiger partial charge in [-0.2, -0.15) is 0 Å². The van der Waals surface area contributed by atoms with Crippen LogP contribution in [0.3, 0.4) is 0 Å². The third-order valence-electron chi connectivity index (χ3n) is 1.07. The molecule has 0 rings (SSSR count). The van der Waals surface area contributed by atoms with Gasteiger partial charge in [-0.25, -0.2) is 9.98 Å². The number of rotatable bonds is 3. The van der Waals surface area contributed by atoms with Crippen molar-refractivity contribution < 1.29 is 0 Å². The van der Waals surface area contributed by atoms with Crippen molar-refractivity contribution >= 4 is 81.6 Å². The first kappa shape index (κ1) is 15.0. The molecule has 0 aromatic heterocycles. The molecule has 0 aliphatic carbocycles. The highest BCUT2D eigenvalue weighted by atomic mass is 32.1. The molecule has 0 aromatic rings. The van der Waals surface area contributed by atoms with Crippen LogP contribution in [0.2, 0.25) is 0 Å². The molecule has 0 amide bonds. The zero-order valence-corrected chi connectivity index (χ0v) is 11.3. The fraction of sp³-hybridized carbons (Fsp3) is 0. The molecule has 0 aliphatic heterocycles. The summed E-state index contributed by atoms with van der Waals surface area (Å²) < 4.78 is 0. The highest BCUT2D eigenvalue weighted by Crippen LogP contribution is 1.83. The summed E-state index contributed by atoms with van der Waals surface area (Å²) in [5, 5.41) is 3.96. The fourth-order valence-electron chi connectivity index (χ4n) is 0.482. The SMILES string of the molecule is N/C=C/NC(=S)C(=S)N=CC=NC(=S)C=S. The van der Waals surface area contributed by atoms with Gasteiger partial charge in [-0.3, -0.25) is 0 Å². The summed E-state index contributed by atoms with van der Waals surface area (Å²) in [4.78, 5) is 8.47. The van der Waals surface area contributed by atoms with Crippen LogP contribution in [0, 0.1) is 0 Å². The predicted molar refractivity (Wildman–Crippen MR) is 84.9 cm³/mol. The lowest BCUT2D eigenvalue weighted by molar-refractivity contribution is 1.30. The maximum atomic E-state index is 5.11. The zero-order valence-electron chi connectivity index (χ0n) is 7.99. The summed E-state index contributed by atoms with van der Waals surface area (Å²) in [5.41, 5.74) is 5.11. The molecule has 0 radical (unpaired) electrons. The zero-order chi connectivity index (χ0) is 12.4. The number of thiocarbonyl (C=S) groups is 4. The van der Waals surface area contributed by atoms with Gasteiger partial charge < -0.3 is 11.1 Å². The topological polar surface area (TPSA) is 62.8 Å². The van der Waals surface area contributed by atoms with Gasteiger partial charge in [-0.1, -0.05) is 48.9 Å². The van der Waals surface area contributed by atoms with Crippen LogP contribution >= 0.6 is 48.9 Å². The summed E-state index contributed by atoms with van der Waals surface area (Å²) in [7, 11) is 0. The molecule has 0 bridgehead atoms. The van der Waals surface area contributed by atoms with Crippen LogP contribution in [0.1, 0.15) is 0 Å². The molecule has 0 saturated carbocycles. The van der Waals surface area contributed by atoms with Crippen LogP contribution in [0.15, 0.2) is 22.4 Å². The molecule has 0 atom stereocenters. The van der Waals surface area contributed by atoms with Gasteiger partial charge in [0.15, 0.2) is 4.99 Å². The van der Waals surface area contributed by atoms with E-state index >= 15 is 0 Å². The van der Waals surface area contributed by atoms with Gasteiger partial charge in [0.25, 0.3) is 0 Å². The highest BCUT2D eigenvalue weighted by molar-refractivity contribution is 7.89. The van der Waals surface area contributed by atoms with Crippen molar-refractivity contribution in [1.82, 2.24) is 5.32 Å². The van der Waals surface area contributed by atoms with Crippen LogP contribution in [0.5, 0.6) is 0 Å².